The Labute approximate surface area is 193 Å². The van der Waals surface area contributed by atoms with Crippen LogP contribution in [-0.4, -0.2) is 30.7 Å². The number of aryl methyl sites for hydroxylation is 1. The largest absolute Gasteiger partial charge is 0.417 e. The number of nitrogens with two attached hydrogens (primary N) is 1. The summed E-state index contributed by atoms with van der Waals surface area (Å²) in [6.45, 7) is 3.55. The van der Waals surface area contributed by atoms with Gasteiger partial charge in [-0.1, -0.05) is 0 Å². The highest BCUT2D eigenvalue weighted by Crippen LogP contribution is 2.29. The summed E-state index contributed by atoms with van der Waals surface area (Å²) in [5.41, 5.74) is 7.14. The molecule has 3 aromatic heterocycles. The molecule has 174 valence electrons. The fraction of sp³-hybridized carbons (Fsp3) is 0.208. The van der Waals surface area contributed by atoms with Crippen LogP contribution in [-0.2, 0) is 12.7 Å². The van der Waals surface area contributed by atoms with Gasteiger partial charge in [-0.15, -0.1) is 0 Å². The van der Waals surface area contributed by atoms with Crippen LogP contribution < -0.4 is 5.73 Å². The van der Waals surface area contributed by atoms with Gasteiger partial charge in [-0.05, 0) is 61.9 Å². The molecule has 0 aliphatic heterocycles. The summed E-state index contributed by atoms with van der Waals surface area (Å²) in [4.78, 5) is 31.8. The number of hydrogen-bond donors (Lipinski definition) is 1. The molecule has 0 aliphatic rings. The third-order valence-electron chi connectivity index (χ3n) is 5.46. The van der Waals surface area contributed by atoms with E-state index >= 15 is 0 Å². The number of pyridine rings is 2. The third kappa shape index (κ3) is 4.80. The van der Waals surface area contributed by atoms with Crippen LogP contribution in [0.4, 0.5) is 19.0 Å². The van der Waals surface area contributed by atoms with Crippen molar-refractivity contribution in [2.75, 3.05) is 5.73 Å². The maximum atomic E-state index is 13.6. The number of aromatic nitrogens is 4. The van der Waals surface area contributed by atoms with E-state index < -0.39 is 17.8 Å². The quantitative estimate of drug-likeness (QED) is 0.457. The summed E-state index contributed by atoms with van der Waals surface area (Å²) in [7, 11) is 0. The smallest absolute Gasteiger partial charge is 0.383 e. The highest BCUT2D eigenvalue weighted by atomic mass is 19.4. The van der Waals surface area contributed by atoms with Gasteiger partial charge < -0.3 is 10.6 Å². The first kappa shape index (κ1) is 23.1. The molecule has 0 bridgehead atoms. The van der Waals surface area contributed by atoms with Gasteiger partial charge in [0.05, 0.1) is 29.4 Å². The summed E-state index contributed by atoms with van der Waals surface area (Å²) < 4.78 is 38.8. The van der Waals surface area contributed by atoms with Gasteiger partial charge in [0.25, 0.3) is 5.91 Å². The number of nitrogen functional groups attached to an aromatic ring is 1. The highest BCUT2D eigenvalue weighted by molar-refractivity contribution is 5.98. The number of nitrogens with zero attached hydrogens (tertiary/aromatic N) is 5. The lowest BCUT2D eigenvalue weighted by atomic mass is 10.1. The molecule has 0 fully saturated rings. The molecule has 10 heteroatoms. The van der Waals surface area contributed by atoms with Gasteiger partial charge in [0.1, 0.15) is 11.6 Å². The van der Waals surface area contributed by atoms with Gasteiger partial charge in [0.2, 0.25) is 0 Å². The van der Waals surface area contributed by atoms with Crippen LogP contribution >= 0.6 is 0 Å². The van der Waals surface area contributed by atoms with E-state index in [9.17, 15) is 18.0 Å². The zero-order chi connectivity index (χ0) is 24.5. The molecule has 0 saturated carbocycles. The number of benzene rings is 1. The predicted octanol–water partition coefficient (Wildman–Crippen LogP) is 4.73. The van der Waals surface area contributed by atoms with Crippen molar-refractivity contribution in [3.05, 3.63) is 89.3 Å². The second kappa shape index (κ2) is 9.05. The van der Waals surface area contributed by atoms with Crippen LogP contribution in [0.15, 0.2) is 61.1 Å². The lowest BCUT2D eigenvalue weighted by Crippen LogP contribution is -2.34. The van der Waals surface area contributed by atoms with Crippen LogP contribution in [0.5, 0.6) is 0 Å². The number of carbonyl (C=O) groups is 1. The molecule has 1 atom stereocenters. The van der Waals surface area contributed by atoms with Crippen molar-refractivity contribution in [3.8, 4) is 0 Å². The number of hydrogen-bond acceptors (Lipinski definition) is 6. The summed E-state index contributed by atoms with van der Waals surface area (Å²) in [5, 5.41) is 0.744. The monoisotopic (exact) mass is 466 g/mol. The van der Waals surface area contributed by atoms with E-state index in [0.29, 0.717) is 28.4 Å². The zero-order valence-corrected chi connectivity index (χ0v) is 18.4. The minimum absolute atomic E-state index is 0.0343. The lowest BCUT2D eigenvalue weighted by molar-refractivity contribution is -0.137. The lowest BCUT2D eigenvalue weighted by Gasteiger charge is -2.28. The average molecular weight is 466 g/mol. The molecule has 1 amide bonds. The van der Waals surface area contributed by atoms with Crippen molar-refractivity contribution in [2.24, 2.45) is 0 Å². The fourth-order valence-corrected chi connectivity index (χ4v) is 3.51. The van der Waals surface area contributed by atoms with Crippen molar-refractivity contribution >= 4 is 22.6 Å². The molecule has 4 rings (SSSR count). The van der Waals surface area contributed by atoms with E-state index in [4.69, 9.17) is 5.73 Å². The van der Waals surface area contributed by atoms with E-state index in [1.807, 2.05) is 13.0 Å². The van der Waals surface area contributed by atoms with Gasteiger partial charge in [0.15, 0.2) is 0 Å². The molecule has 7 nitrogen and oxygen atoms in total. The second-order valence-corrected chi connectivity index (χ2v) is 7.85. The first-order valence-corrected chi connectivity index (χ1v) is 10.4. The number of carbonyl (C=O) groups excluding carboxylic acids is 1. The average Bonchev–Trinajstić information content (AvgIpc) is 2.82. The molecule has 0 saturated heterocycles. The van der Waals surface area contributed by atoms with Crippen LogP contribution in [0.2, 0.25) is 0 Å². The fourth-order valence-electron chi connectivity index (χ4n) is 3.51. The summed E-state index contributed by atoms with van der Waals surface area (Å²) in [6.07, 6.45) is -0.608. The maximum absolute atomic E-state index is 13.6. The highest BCUT2D eigenvalue weighted by Gasteiger charge is 2.31. The Morgan fingerprint density at radius 2 is 1.82 bits per heavy atom. The molecular formula is C24H21F3N6O. The van der Waals surface area contributed by atoms with Crippen LogP contribution in [0.1, 0.15) is 46.0 Å². The summed E-state index contributed by atoms with van der Waals surface area (Å²) in [6, 6.07) is 10.2. The third-order valence-corrected chi connectivity index (χ3v) is 5.46. The Morgan fingerprint density at radius 1 is 1.09 bits per heavy atom. The number of alkyl halides is 3. The van der Waals surface area contributed by atoms with Crippen molar-refractivity contribution in [1.82, 2.24) is 24.8 Å². The van der Waals surface area contributed by atoms with Crippen molar-refractivity contribution < 1.29 is 18.0 Å². The van der Waals surface area contributed by atoms with Gasteiger partial charge in [-0.2, -0.15) is 13.2 Å². The Hall–Kier alpha value is -4.08. The van der Waals surface area contributed by atoms with Crippen LogP contribution in [0.3, 0.4) is 0 Å². The zero-order valence-electron chi connectivity index (χ0n) is 18.4. The Balaban J connectivity index is 1.70. The van der Waals surface area contributed by atoms with Crippen LogP contribution in [0.25, 0.3) is 10.9 Å². The van der Waals surface area contributed by atoms with Gasteiger partial charge in [-0.25, -0.2) is 15.0 Å². The Bertz CT molecular complexity index is 1330. The van der Waals surface area contributed by atoms with E-state index in [1.165, 1.54) is 11.0 Å². The molecule has 0 unspecified atom stereocenters. The van der Waals surface area contributed by atoms with Gasteiger partial charge >= 0.3 is 6.18 Å². The van der Waals surface area contributed by atoms with E-state index in [1.54, 1.807) is 43.6 Å². The summed E-state index contributed by atoms with van der Waals surface area (Å²) in [5.74, 6) is 0.461. The number of anilines is 1. The van der Waals surface area contributed by atoms with E-state index in [-0.39, 0.29) is 12.5 Å². The van der Waals surface area contributed by atoms with Gasteiger partial charge in [-0.3, -0.25) is 9.78 Å². The number of amides is 1. The molecule has 0 aliphatic carbocycles. The topological polar surface area (TPSA) is 97.9 Å². The standard InChI is InChI=1S/C24H21F3N6O/c1-14-10-17-11-16(4-7-20(17)32-21(14)28)23(34)33(15(2)22-29-8-3-9-30-22)13-19-6-5-18(12-31-19)24(25,26)27/h3-12,15H,13H2,1-2H3,(H2,28,32)/t15-/m0/s1. The van der Waals surface area contributed by atoms with Gasteiger partial charge in [0, 0.05) is 29.5 Å². The van der Waals surface area contributed by atoms with E-state index in [2.05, 4.69) is 19.9 Å². The SMILES string of the molecule is Cc1cc2cc(C(=O)N(Cc3ccc(C(F)(F)F)cn3)[C@@H](C)c3ncccn3)ccc2nc1N. The van der Waals surface area contributed by atoms with Crippen LogP contribution in [0, 0.1) is 6.92 Å². The molecule has 1 aromatic carbocycles. The first-order valence-electron chi connectivity index (χ1n) is 10.4. The molecule has 0 radical (unpaired) electrons. The Morgan fingerprint density at radius 3 is 2.47 bits per heavy atom. The van der Waals surface area contributed by atoms with Crippen molar-refractivity contribution in [1.29, 1.82) is 0 Å². The molecule has 0 spiro atoms. The molecule has 34 heavy (non-hydrogen) atoms. The van der Waals surface area contributed by atoms with Crippen molar-refractivity contribution in [2.45, 2.75) is 32.6 Å². The predicted molar refractivity (Wildman–Crippen MR) is 120 cm³/mol. The number of fused-ring (bicyclic) bond motifs is 1. The maximum Gasteiger partial charge on any atom is 0.417 e. The van der Waals surface area contributed by atoms with Crippen molar-refractivity contribution in [3.63, 3.8) is 0 Å². The molecule has 4 aromatic rings. The number of rotatable bonds is 5. The second-order valence-electron chi connectivity index (χ2n) is 7.85. The minimum atomic E-state index is -4.49. The normalized spacial score (nSPS) is 12.5. The molecule has 2 N–H and O–H groups in total. The molecular weight excluding hydrogens is 445 g/mol. The minimum Gasteiger partial charge on any atom is -0.383 e. The first-order chi connectivity index (χ1) is 16.1. The molecule has 3 heterocycles. The summed E-state index contributed by atoms with van der Waals surface area (Å²) >= 11 is 0. The van der Waals surface area contributed by atoms with E-state index in [0.717, 1.165) is 23.2 Å². The number of halogens is 3. The Kier molecular flexibility index (Phi) is 6.14.